The maximum Gasteiger partial charge on any atom is 0.276 e. The summed E-state index contributed by atoms with van der Waals surface area (Å²) < 4.78 is 3.68. The molecule has 4 rings (SSSR count). The lowest BCUT2D eigenvalue weighted by atomic mass is 10.1. The number of anilines is 1. The minimum Gasteiger partial charge on any atom is -0.321 e. The number of benzene rings is 1. The highest BCUT2D eigenvalue weighted by Gasteiger charge is 2.18. The summed E-state index contributed by atoms with van der Waals surface area (Å²) in [5, 5.41) is 11.2. The Morgan fingerprint density at radius 2 is 2.19 bits per heavy atom. The zero-order valence-corrected chi connectivity index (χ0v) is 16.1. The molecule has 1 saturated heterocycles. The van der Waals surface area contributed by atoms with E-state index >= 15 is 0 Å². The molecular formula is C18H20Cl2N6O. The number of imidazole rings is 1. The third-order valence-electron chi connectivity index (χ3n) is 4.47. The van der Waals surface area contributed by atoms with E-state index in [1.165, 1.54) is 0 Å². The summed E-state index contributed by atoms with van der Waals surface area (Å²) in [5.74, 6) is -0.251. The molecule has 1 aromatic carbocycles. The Kier molecular flexibility index (Phi) is 6.15. The smallest absolute Gasteiger partial charge is 0.276 e. The van der Waals surface area contributed by atoms with Crippen LogP contribution in [0.15, 0.2) is 49.2 Å². The van der Waals surface area contributed by atoms with Crippen LogP contribution in [-0.4, -0.2) is 38.3 Å². The van der Waals surface area contributed by atoms with Gasteiger partial charge in [-0.15, -0.1) is 12.4 Å². The van der Waals surface area contributed by atoms with Crippen molar-refractivity contribution in [2.24, 2.45) is 0 Å². The van der Waals surface area contributed by atoms with Crippen LogP contribution in [0.5, 0.6) is 0 Å². The average Bonchev–Trinajstić information content (AvgIpc) is 3.35. The Labute approximate surface area is 168 Å². The standard InChI is InChI=1S/C18H19ClN6O.ClH/c19-15-10-13(3-4-17(15)24-9-7-21-12-24)22-18(26)16-5-8-25(23-16)14-2-1-6-20-11-14;/h3-5,7-10,12,14,20H,1-2,6,11H2,(H,22,26);1H. The highest BCUT2D eigenvalue weighted by Crippen LogP contribution is 2.24. The quantitative estimate of drug-likeness (QED) is 0.696. The molecule has 3 aromatic rings. The fourth-order valence-electron chi connectivity index (χ4n) is 3.11. The van der Waals surface area contributed by atoms with E-state index in [9.17, 15) is 4.79 Å². The molecule has 1 amide bonds. The van der Waals surface area contributed by atoms with Crippen LogP contribution in [0.3, 0.4) is 0 Å². The van der Waals surface area contributed by atoms with Gasteiger partial charge in [-0.25, -0.2) is 4.98 Å². The first-order chi connectivity index (χ1) is 12.7. The van der Waals surface area contributed by atoms with Crippen molar-refractivity contribution in [2.75, 3.05) is 18.4 Å². The van der Waals surface area contributed by atoms with Gasteiger partial charge >= 0.3 is 0 Å². The van der Waals surface area contributed by atoms with E-state index in [-0.39, 0.29) is 18.3 Å². The topological polar surface area (TPSA) is 76.8 Å². The molecule has 0 aliphatic carbocycles. The molecule has 27 heavy (non-hydrogen) atoms. The van der Waals surface area contributed by atoms with E-state index in [2.05, 4.69) is 20.7 Å². The molecule has 0 radical (unpaired) electrons. The van der Waals surface area contributed by atoms with Gasteiger partial charge in [-0.2, -0.15) is 5.10 Å². The van der Waals surface area contributed by atoms with Gasteiger partial charge < -0.3 is 15.2 Å². The number of halogens is 2. The summed E-state index contributed by atoms with van der Waals surface area (Å²) in [6, 6.07) is 7.41. The van der Waals surface area contributed by atoms with Crippen molar-refractivity contribution < 1.29 is 4.79 Å². The second-order valence-electron chi connectivity index (χ2n) is 6.27. The number of nitrogens with zero attached hydrogens (tertiary/aromatic N) is 4. The number of rotatable bonds is 4. The molecular weight excluding hydrogens is 387 g/mol. The zero-order chi connectivity index (χ0) is 17.9. The monoisotopic (exact) mass is 406 g/mol. The summed E-state index contributed by atoms with van der Waals surface area (Å²) >= 11 is 6.33. The Balaban J connectivity index is 0.00000210. The SMILES string of the molecule is Cl.O=C(Nc1ccc(-n2ccnc2)c(Cl)c1)c1ccn(C2CCCNC2)n1. The molecule has 0 bridgehead atoms. The summed E-state index contributed by atoms with van der Waals surface area (Å²) in [7, 11) is 0. The molecule has 0 saturated carbocycles. The number of aromatic nitrogens is 4. The van der Waals surface area contributed by atoms with Gasteiger partial charge in [0.05, 0.1) is 23.1 Å². The van der Waals surface area contributed by atoms with Gasteiger partial charge in [0, 0.05) is 30.8 Å². The highest BCUT2D eigenvalue weighted by molar-refractivity contribution is 6.32. The average molecular weight is 407 g/mol. The summed E-state index contributed by atoms with van der Waals surface area (Å²) in [5.41, 5.74) is 1.82. The van der Waals surface area contributed by atoms with Crippen LogP contribution >= 0.6 is 24.0 Å². The number of piperidine rings is 1. The molecule has 2 aromatic heterocycles. The van der Waals surface area contributed by atoms with Crippen molar-refractivity contribution in [3.63, 3.8) is 0 Å². The molecule has 9 heteroatoms. The number of amides is 1. The number of carbonyl (C=O) groups excluding carboxylic acids is 1. The second kappa shape index (κ2) is 8.56. The molecule has 1 aliphatic heterocycles. The van der Waals surface area contributed by atoms with Crippen molar-refractivity contribution in [1.82, 2.24) is 24.6 Å². The van der Waals surface area contributed by atoms with Gasteiger partial charge in [0.15, 0.2) is 5.69 Å². The second-order valence-corrected chi connectivity index (χ2v) is 6.68. The first-order valence-corrected chi connectivity index (χ1v) is 8.93. The van der Waals surface area contributed by atoms with Crippen LogP contribution in [0.4, 0.5) is 5.69 Å². The molecule has 2 N–H and O–H groups in total. The zero-order valence-electron chi connectivity index (χ0n) is 14.5. The lowest BCUT2D eigenvalue weighted by Crippen LogP contribution is -2.32. The van der Waals surface area contributed by atoms with Crippen molar-refractivity contribution in [2.45, 2.75) is 18.9 Å². The summed E-state index contributed by atoms with van der Waals surface area (Å²) in [6.45, 7) is 1.93. The number of hydrogen-bond acceptors (Lipinski definition) is 4. The Hall–Kier alpha value is -2.35. The van der Waals surface area contributed by atoms with Crippen molar-refractivity contribution in [1.29, 1.82) is 0 Å². The minimum absolute atomic E-state index is 0. The third-order valence-corrected chi connectivity index (χ3v) is 4.78. The molecule has 142 valence electrons. The lowest BCUT2D eigenvalue weighted by molar-refractivity contribution is 0.102. The van der Waals surface area contributed by atoms with E-state index in [0.29, 0.717) is 22.4 Å². The van der Waals surface area contributed by atoms with Crippen molar-refractivity contribution in [3.8, 4) is 5.69 Å². The molecule has 1 atom stereocenters. The predicted molar refractivity (Wildman–Crippen MR) is 107 cm³/mol. The largest absolute Gasteiger partial charge is 0.321 e. The fraction of sp³-hybridized carbons (Fsp3) is 0.278. The van der Waals surface area contributed by atoms with Crippen LogP contribution in [0.2, 0.25) is 5.02 Å². The molecule has 1 aliphatic rings. The van der Waals surface area contributed by atoms with Gasteiger partial charge in [-0.3, -0.25) is 9.48 Å². The molecule has 0 spiro atoms. The van der Waals surface area contributed by atoms with Crippen LogP contribution in [0.1, 0.15) is 29.4 Å². The first-order valence-electron chi connectivity index (χ1n) is 8.56. The predicted octanol–water partition coefficient (Wildman–Crippen LogP) is 3.32. The van der Waals surface area contributed by atoms with Crippen LogP contribution < -0.4 is 10.6 Å². The van der Waals surface area contributed by atoms with Gasteiger partial charge in [0.25, 0.3) is 5.91 Å². The van der Waals surface area contributed by atoms with E-state index in [1.54, 1.807) is 30.7 Å². The van der Waals surface area contributed by atoms with Gasteiger partial charge in [0.1, 0.15) is 0 Å². The fourth-order valence-corrected chi connectivity index (χ4v) is 3.39. The Bertz CT molecular complexity index is 902. The number of nitrogens with one attached hydrogen (secondary N) is 2. The maximum absolute atomic E-state index is 12.5. The van der Waals surface area contributed by atoms with E-state index in [0.717, 1.165) is 31.6 Å². The summed E-state index contributed by atoms with van der Waals surface area (Å²) in [4.78, 5) is 16.5. The van der Waals surface area contributed by atoms with Crippen LogP contribution in [0.25, 0.3) is 5.69 Å². The van der Waals surface area contributed by atoms with E-state index < -0.39 is 0 Å². The molecule has 3 heterocycles. The van der Waals surface area contributed by atoms with Gasteiger partial charge in [0.2, 0.25) is 0 Å². The van der Waals surface area contributed by atoms with Crippen molar-refractivity contribution >= 4 is 35.6 Å². The van der Waals surface area contributed by atoms with Crippen LogP contribution in [0, 0.1) is 0 Å². The molecule has 1 unspecified atom stereocenters. The number of carbonyl (C=O) groups is 1. The van der Waals surface area contributed by atoms with Gasteiger partial charge in [-0.05, 0) is 43.7 Å². The van der Waals surface area contributed by atoms with Gasteiger partial charge in [-0.1, -0.05) is 11.6 Å². The van der Waals surface area contributed by atoms with Crippen LogP contribution in [-0.2, 0) is 0 Å². The maximum atomic E-state index is 12.5. The number of hydrogen-bond donors (Lipinski definition) is 2. The van der Waals surface area contributed by atoms with Crippen molar-refractivity contribution in [3.05, 3.63) is 59.9 Å². The Morgan fingerprint density at radius 1 is 1.30 bits per heavy atom. The lowest BCUT2D eigenvalue weighted by Gasteiger charge is -2.22. The minimum atomic E-state index is -0.251. The highest BCUT2D eigenvalue weighted by atomic mass is 35.5. The first kappa shape index (κ1) is 19.4. The van der Waals surface area contributed by atoms with E-state index in [4.69, 9.17) is 11.6 Å². The summed E-state index contributed by atoms with van der Waals surface area (Å²) in [6.07, 6.45) is 9.22. The normalized spacial score (nSPS) is 16.6. The molecule has 1 fully saturated rings. The van der Waals surface area contributed by atoms with E-state index in [1.807, 2.05) is 27.7 Å². The molecule has 7 nitrogen and oxygen atoms in total. The third kappa shape index (κ3) is 4.32. The Morgan fingerprint density at radius 3 is 2.89 bits per heavy atom.